The molecule has 132 valence electrons. The van der Waals surface area contributed by atoms with Crippen LogP contribution in [-0.2, 0) is 14.3 Å². The number of hydrogen-bond acceptors (Lipinski definition) is 4. The van der Waals surface area contributed by atoms with E-state index in [1.807, 2.05) is 0 Å². The van der Waals surface area contributed by atoms with Crippen molar-refractivity contribution in [3.63, 3.8) is 0 Å². The summed E-state index contributed by atoms with van der Waals surface area (Å²) in [6.45, 7) is 4.67. The zero-order valence-electron chi connectivity index (χ0n) is 13.6. The summed E-state index contributed by atoms with van der Waals surface area (Å²) in [5.41, 5.74) is 0. The molecule has 0 saturated carbocycles. The third kappa shape index (κ3) is 7.23. The summed E-state index contributed by atoms with van der Waals surface area (Å²) >= 11 is 11.8. The van der Waals surface area contributed by atoms with Crippen LogP contribution in [0.1, 0.15) is 19.3 Å². The van der Waals surface area contributed by atoms with Crippen LogP contribution >= 0.6 is 23.2 Å². The molecule has 5 nitrogen and oxygen atoms in total. The number of amides is 1. The number of esters is 1. The molecule has 0 aliphatic rings. The van der Waals surface area contributed by atoms with E-state index in [1.54, 1.807) is 29.2 Å². The number of ether oxygens (including phenoxy) is 2. The molecule has 1 aromatic carbocycles. The van der Waals surface area contributed by atoms with Gasteiger partial charge in [0, 0.05) is 24.5 Å². The molecule has 0 radical (unpaired) electrons. The maximum atomic E-state index is 12.2. The van der Waals surface area contributed by atoms with E-state index in [4.69, 9.17) is 27.9 Å². The first-order valence-electron chi connectivity index (χ1n) is 7.51. The zero-order chi connectivity index (χ0) is 17.9. The summed E-state index contributed by atoms with van der Waals surface area (Å²) in [4.78, 5) is 24.9. The second kappa shape index (κ2) is 10.9. The van der Waals surface area contributed by atoms with Crippen LogP contribution < -0.4 is 4.74 Å². The highest BCUT2D eigenvalue weighted by atomic mass is 35.5. The standard InChI is InChI=1S/C17H21Cl2NO4/c1-3-9-20(10-8-17(22)23-2)16(21)5-4-11-24-15-7-6-13(18)12-14(15)19/h3,6-7,12H,1,4-5,8-11H2,2H3. The lowest BCUT2D eigenvalue weighted by atomic mass is 10.2. The molecule has 24 heavy (non-hydrogen) atoms. The summed E-state index contributed by atoms with van der Waals surface area (Å²) in [7, 11) is 1.32. The van der Waals surface area contributed by atoms with Gasteiger partial charge in [-0.3, -0.25) is 9.59 Å². The number of halogens is 2. The van der Waals surface area contributed by atoms with E-state index in [2.05, 4.69) is 11.3 Å². The molecule has 0 saturated heterocycles. The van der Waals surface area contributed by atoms with Crippen molar-refractivity contribution in [1.29, 1.82) is 0 Å². The maximum absolute atomic E-state index is 12.2. The fourth-order valence-corrected chi connectivity index (χ4v) is 2.42. The zero-order valence-corrected chi connectivity index (χ0v) is 15.1. The lowest BCUT2D eigenvalue weighted by molar-refractivity contribution is -0.141. The van der Waals surface area contributed by atoms with Crippen molar-refractivity contribution in [2.24, 2.45) is 0 Å². The number of carbonyl (C=O) groups excluding carboxylic acids is 2. The van der Waals surface area contributed by atoms with E-state index in [1.165, 1.54) is 7.11 Å². The predicted octanol–water partition coefficient (Wildman–Crippen LogP) is 3.73. The fraction of sp³-hybridized carbons (Fsp3) is 0.412. The Hall–Kier alpha value is -1.72. The van der Waals surface area contributed by atoms with E-state index < -0.39 is 0 Å². The molecule has 0 spiro atoms. The van der Waals surface area contributed by atoms with Crippen LogP contribution in [0.2, 0.25) is 10.0 Å². The van der Waals surface area contributed by atoms with E-state index in [9.17, 15) is 9.59 Å². The molecule has 0 N–H and O–H groups in total. The second-order valence-electron chi connectivity index (χ2n) is 4.98. The van der Waals surface area contributed by atoms with Crippen LogP contribution in [0.3, 0.4) is 0 Å². The van der Waals surface area contributed by atoms with Crippen LogP contribution in [0.25, 0.3) is 0 Å². The van der Waals surface area contributed by atoms with Gasteiger partial charge < -0.3 is 14.4 Å². The van der Waals surface area contributed by atoms with Crippen molar-refractivity contribution in [3.05, 3.63) is 40.9 Å². The highest BCUT2D eigenvalue weighted by Crippen LogP contribution is 2.27. The van der Waals surface area contributed by atoms with Crippen LogP contribution in [-0.4, -0.2) is 43.6 Å². The van der Waals surface area contributed by atoms with Gasteiger partial charge in [-0.1, -0.05) is 29.3 Å². The maximum Gasteiger partial charge on any atom is 0.307 e. The quantitative estimate of drug-likeness (QED) is 0.356. The summed E-state index contributed by atoms with van der Waals surface area (Å²) in [5, 5.41) is 0.966. The smallest absolute Gasteiger partial charge is 0.307 e. The van der Waals surface area contributed by atoms with Crippen molar-refractivity contribution in [2.75, 3.05) is 26.8 Å². The molecule has 1 amide bonds. The van der Waals surface area contributed by atoms with E-state index >= 15 is 0 Å². The minimum atomic E-state index is -0.349. The van der Waals surface area contributed by atoms with E-state index in [0.717, 1.165) is 0 Å². The van der Waals surface area contributed by atoms with Gasteiger partial charge in [-0.15, -0.1) is 6.58 Å². The number of benzene rings is 1. The van der Waals surface area contributed by atoms with E-state index in [0.29, 0.717) is 48.3 Å². The molecule has 0 heterocycles. The average Bonchev–Trinajstić information content (AvgIpc) is 2.56. The Morgan fingerprint density at radius 2 is 2.04 bits per heavy atom. The Labute approximate surface area is 152 Å². The summed E-state index contributed by atoms with van der Waals surface area (Å²) in [6.07, 6.45) is 2.62. The van der Waals surface area contributed by atoms with Crippen molar-refractivity contribution >= 4 is 35.1 Å². The van der Waals surface area contributed by atoms with Gasteiger partial charge in [-0.25, -0.2) is 0 Å². The largest absolute Gasteiger partial charge is 0.492 e. The molecule has 0 unspecified atom stereocenters. The normalized spacial score (nSPS) is 10.1. The van der Waals surface area contributed by atoms with Gasteiger partial charge in [0.05, 0.1) is 25.2 Å². The van der Waals surface area contributed by atoms with E-state index in [-0.39, 0.29) is 18.3 Å². The lowest BCUT2D eigenvalue weighted by Gasteiger charge is -2.20. The first-order valence-corrected chi connectivity index (χ1v) is 8.27. The summed E-state index contributed by atoms with van der Waals surface area (Å²) < 4.78 is 10.1. The lowest BCUT2D eigenvalue weighted by Crippen LogP contribution is -2.33. The summed E-state index contributed by atoms with van der Waals surface area (Å²) in [6, 6.07) is 4.97. The van der Waals surface area contributed by atoms with Gasteiger partial charge in [0.25, 0.3) is 0 Å². The van der Waals surface area contributed by atoms with Gasteiger partial charge in [-0.2, -0.15) is 0 Å². The van der Waals surface area contributed by atoms with Crippen LogP contribution in [0.4, 0.5) is 0 Å². The Kier molecular flexibility index (Phi) is 9.27. The number of rotatable bonds is 10. The molecule has 1 aromatic rings. The number of hydrogen-bond donors (Lipinski definition) is 0. The minimum Gasteiger partial charge on any atom is -0.492 e. The third-order valence-electron chi connectivity index (χ3n) is 3.20. The van der Waals surface area contributed by atoms with Crippen molar-refractivity contribution in [3.8, 4) is 5.75 Å². The number of nitrogens with zero attached hydrogens (tertiary/aromatic N) is 1. The topological polar surface area (TPSA) is 55.8 Å². The van der Waals surface area contributed by atoms with Gasteiger partial charge in [0.2, 0.25) is 5.91 Å². The predicted molar refractivity (Wildman–Crippen MR) is 94.6 cm³/mol. The number of carbonyl (C=O) groups is 2. The minimum absolute atomic E-state index is 0.0652. The first kappa shape index (κ1) is 20.3. The van der Waals surface area contributed by atoms with Gasteiger partial charge in [-0.05, 0) is 24.6 Å². The van der Waals surface area contributed by atoms with Gasteiger partial charge in [0.1, 0.15) is 5.75 Å². The Morgan fingerprint density at radius 3 is 2.67 bits per heavy atom. The average molecular weight is 374 g/mol. The molecule has 0 fully saturated rings. The Balaban J connectivity index is 2.39. The molecule has 0 aromatic heterocycles. The van der Waals surface area contributed by atoms with Gasteiger partial charge >= 0.3 is 5.97 Å². The molecule has 0 atom stereocenters. The molecule has 0 aliphatic carbocycles. The summed E-state index contributed by atoms with van der Waals surface area (Å²) in [5.74, 6) is 0.115. The molecule has 0 bridgehead atoms. The fourth-order valence-electron chi connectivity index (χ4n) is 1.96. The van der Waals surface area contributed by atoms with Crippen LogP contribution in [0, 0.1) is 0 Å². The highest BCUT2D eigenvalue weighted by Gasteiger charge is 2.14. The van der Waals surface area contributed by atoms with Crippen molar-refractivity contribution < 1.29 is 19.1 Å². The number of methoxy groups -OCH3 is 1. The SMILES string of the molecule is C=CCN(CCC(=O)OC)C(=O)CCCOc1ccc(Cl)cc1Cl. The molecular weight excluding hydrogens is 353 g/mol. The second-order valence-corrected chi connectivity index (χ2v) is 5.82. The first-order chi connectivity index (χ1) is 11.5. The molecule has 1 rings (SSSR count). The van der Waals surface area contributed by atoms with Gasteiger partial charge in [0.15, 0.2) is 0 Å². The molecule has 0 aliphatic heterocycles. The Bertz CT molecular complexity index is 578. The van der Waals surface area contributed by atoms with Crippen molar-refractivity contribution in [1.82, 2.24) is 4.90 Å². The third-order valence-corrected chi connectivity index (χ3v) is 3.73. The Morgan fingerprint density at radius 1 is 1.29 bits per heavy atom. The monoisotopic (exact) mass is 373 g/mol. The molecular formula is C17H21Cl2NO4. The highest BCUT2D eigenvalue weighted by molar-refractivity contribution is 6.35. The van der Waals surface area contributed by atoms with Crippen molar-refractivity contribution in [2.45, 2.75) is 19.3 Å². The van der Waals surface area contributed by atoms with Crippen LogP contribution in [0.15, 0.2) is 30.9 Å². The molecule has 7 heteroatoms. The van der Waals surface area contributed by atoms with Crippen LogP contribution in [0.5, 0.6) is 5.75 Å².